The van der Waals surface area contributed by atoms with Gasteiger partial charge in [-0.25, -0.2) is 0 Å². The second kappa shape index (κ2) is 10.2. The van der Waals surface area contributed by atoms with Crippen LogP contribution in [0.3, 0.4) is 0 Å². The molecule has 0 aliphatic rings. The zero-order chi connectivity index (χ0) is 18.9. The first-order valence-corrected chi connectivity index (χ1v) is 10.3. The Bertz CT molecular complexity index is 798. The minimum atomic E-state index is 0.0508. The van der Waals surface area contributed by atoms with Gasteiger partial charge in [0.25, 0.3) is 0 Å². The fraction of sp³-hybridized carbons (Fsp3) is 0.174. The number of benzene rings is 3. The second-order valence-corrected chi connectivity index (χ2v) is 7.74. The zero-order valence-electron chi connectivity index (χ0n) is 15.0. The highest BCUT2D eigenvalue weighted by Gasteiger charge is 2.14. The molecule has 0 saturated carbocycles. The van der Waals surface area contributed by atoms with Crippen molar-refractivity contribution in [1.29, 1.82) is 0 Å². The third kappa shape index (κ3) is 6.16. The van der Waals surface area contributed by atoms with E-state index in [0.717, 1.165) is 11.3 Å². The van der Waals surface area contributed by atoms with Gasteiger partial charge in [0.2, 0.25) is 5.91 Å². The van der Waals surface area contributed by atoms with Crippen LogP contribution in [-0.2, 0) is 4.79 Å². The van der Waals surface area contributed by atoms with Crippen molar-refractivity contribution in [2.75, 3.05) is 12.3 Å². The third-order valence-electron chi connectivity index (χ3n) is 4.34. The summed E-state index contributed by atoms with van der Waals surface area (Å²) in [6.07, 6.45) is 0.866. The second-order valence-electron chi connectivity index (χ2n) is 6.26. The van der Waals surface area contributed by atoms with Crippen molar-refractivity contribution in [3.8, 4) is 0 Å². The van der Waals surface area contributed by atoms with Gasteiger partial charge < -0.3 is 5.32 Å². The lowest BCUT2D eigenvalue weighted by Crippen LogP contribution is -2.27. The fourth-order valence-electron chi connectivity index (χ4n) is 2.98. The molecule has 1 amide bonds. The van der Waals surface area contributed by atoms with E-state index in [-0.39, 0.29) is 11.8 Å². The molecule has 3 aromatic carbocycles. The standard InChI is InChI=1S/C23H22ClNOS/c24-20-11-13-21(14-12-20)27-17-23(26)25-16-15-22(18-7-3-1-4-8-18)19-9-5-2-6-10-19/h1-14,22H,15-17H2,(H,25,26). The quantitative estimate of drug-likeness (QED) is 0.490. The lowest BCUT2D eigenvalue weighted by atomic mass is 9.88. The Morgan fingerprint density at radius 3 is 1.96 bits per heavy atom. The van der Waals surface area contributed by atoms with Gasteiger partial charge in [-0.2, -0.15) is 0 Å². The molecule has 0 aromatic heterocycles. The molecule has 0 atom stereocenters. The van der Waals surface area contributed by atoms with Gasteiger partial charge in [-0.3, -0.25) is 4.79 Å². The third-order valence-corrected chi connectivity index (χ3v) is 5.61. The van der Waals surface area contributed by atoms with Crippen LogP contribution in [0.25, 0.3) is 0 Å². The van der Waals surface area contributed by atoms with Crippen LogP contribution >= 0.6 is 23.4 Å². The van der Waals surface area contributed by atoms with Crippen molar-refractivity contribution in [3.63, 3.8) is 0 Å². The molecule has 0 spiro atoms. The Balaban J connectivity index is 1.53. The van der Waals surface area contributed by atoms with Crippen LogP contribution in [0.15, 0.2) is 89.8 Å². The van der Waals surface area contributed by atoms with Crippen LogP contribution < -0.4 is 5.32 Å². The smallest absolute Gasteiger partial charge is 0.230 e. The molecule has 3 rings (SSSR count). The molecule has 138 valence electrons. The first kappa shape index (κ1) is 19.5. The lowest BCUT2D eigenvalue weighted by Gasteiger charge is -2.18. The molecule has 0 unspecified atom stereocenters. The highest BCUT2D eigenvalue weighted by Crippen LogP contribution is 2.27. The molecule has 3 aromatic rings. The molecule has 0 fully saturated rings. The molecule has 0 saturated heterocycles. The molecule has 2 nitrogen and oxygen atoms in total. The van der Waals surface area contributed by atoms with Crippen molar-refractivity contribution in [1.82, 2.24) is 5.32 Å². The topological polar surface area (TPSA) is 29.1 Å². The van der Waals surface area contributed by atoms with E-state index in [1.165, 1.54) is 22.9 Å². The molecule has 1 N–H and O–H groups in total. The van der Waals surface area contributed by atoms with Gasteiger partial charge in [0, 0.05) is 22.4 Å². The van der Waals surface area contributed by atoms with Crippen LogP contribution in [0.4, 0.5) is 0 Å². The number of amides is 1. The van der Waals surface area contributed by atoms with E-state index < -0.39 is 0 Å². The predicted molar refractivity (Wildman–Crippen MR) is 115 cm³/mol. The monoisotopic (exact) mass is 395 g/mol. The van der Waals surface area contributed by atoms with Gasteiger partial charge >= 0.3 is 0 Å². The average Bonchev–Trinajstić information content (AvgIpc) is 2.72. The Morgan fingerprint density at radius 1 is 0.852 bits per heavy atom. The highest BCUT2D eigenvalue weighted by molar-refractivity contribution is 8.00. The maximum absolute atomic E-state index is 12.2. The van der Waals surface area contributed by atoms with E-state index in [1.54, 1.807) is 0 Å². The summed E-state index contributed by atoms with van der Waals surface area (Å²) >= 11 is 7.40. The molecular weight excluding hydrogens is 374 g/mol. The lowest BCUT2D eigenvalue weighted by molar-refractivity contribution is -0.118. The number of carbonyl (C=O) groups excluding carboxylic acids is 1. The van der Waals surface area contributed by atoms with Gasteiger partial charge in [-0.1, -0.05) is 72.3 Å². The molecule has 4 heteroatoms. The van der Waals surface area contributed by atoms with Crippen LogP contribution in [-0.4, -0.2) is 18.2 Å². The number of hydrogen-bond donors (Lipinski definition) is 1. The molecule has 27 heavy (non-hydrogen) atoms. The average molecular weight is 396 g/mol. The predicted octanol–water partition coefficient (Wildman–Crippen LogP) is 5.77. The molecule has 0 aliphatic carbocycles. The summed E-state index contributed by atoms with van der Waals surface area (Å²) in [4.78, 5) is 13.2. The number of nitrogens with one attached hydrogen (secondary N) is 1. The van der Waals surface area contributed by atoms with E-state index in [2.05, 4.69) is 53.8 Å². The van der Waals surface area contributed by atoms with Crippen LogP contribution in [0.5, 0.6) is 0 Å². The van der Waals surface area contributed by atoms with Gasteiger partial charge in [0.1, 0.15) is 0 Å². The first-order valence-electron chi connectivity index (χ1n) is 8.97. The van der Waals surface area contributed by atoms with E-state index in [0.29, 0.717) is 17.3 Å². The van der Waals surface area contributed by atoms with Gasteiger partial charge in [-0.05, 0) is 41.8 Å². The normalized spacial score (nSPS) is 10.7. The maximum Gasteiger partial charge on any atom is 0.230 e. The number of carbonyl (C=O) groups is 1. The van der Waals surface area contributed by atoms with Gasteiger partial charge in [0.15, 0.2) is 0 Å². The Kier molecular flexibility index (Phi) is 7.37. The summed E-state index contributed by atoms with van der Waals surface area (Å²) in [6.45, 7) is 0.647. The van der Waals surface area contributed by atoms with E-state index in [4.69, 9.17) is 11.6 Å². The van der Waals surface area contributed by atoms with Crippen molar-refractivity contribution in [2.45, 2.75) is 17.2 Å². The first-order chi connectivity index (χ1) is 13.2. The largest absolute Gasteiger partial charge is 0.355 e. The Hall–Kier alpha value is -2.23. The summed E-state index contributed by atoms with van der Waals surface area (Å²) in [5.41, 5.74) is 2.54. The summed E-state index contributed by atoms with van der Waals surface area (Å²) < 4.78 is 0. The fourth-order valence-corrected chi connectivity index (χ4v) is 3.84. The molecule has 0 radical (unpaired) electrons. The summed E-state index contributed by atoms with van der Waals surface area (Å²) in [5.74, 6) is 0.731. The zero-order valence-corrected chi connectivity index (χ0v) is 16.5. The van der Waals surface area contributed by atoms with Gasteiger partial charge in [-0.15, -0.1) is 11.8 Å². The summed E-state index contributed by atoms with van der Waals surface area (Å²) in [6, 6.07) is 28.4. The number of halogens is 1. The summed E-state index contributed by atoms with van der Waals surface area (Å²) in [7, 11) is 0. The Labute approximate surface area is 170 Å². The van der Waals surface area contributed by atoms with Crippen LogP contribution in [0.2, 0.25) is 5.02 Å². The molecular formula is C23H22ClNOS. The van der Waals surface area contributed by atoms with Crippen molar-refractivity contribution in [3.05, 3.63) is 101 Å². The summed E-state index contributed by atoms with van der Waals surface area (Å²) in [5, 5.41) is 3.75. The minimum Gasteiger partial charge on any atom is -0.355 e. The van der Waals surface area contributed by atoms with Gasteiger partial charge in [0.05, 0.1) is 5.75 Å². The van der Waals surface area contributed by atoms with E-state index in [9.17, 15) is 4.79 Å². The molecule has 0 bridgehead atoms. The van der Waals surface area contributed by atoms with Crippen molar-refractivity contribution < 1.29 is 4.79 Å². The van der Waals surface area contributed by atoms with E-state index in [1.807, 2.05) is 36.4 Å². The van der Waals surface area contributed by atoms with Crippen LogP contribution in [0, 0.1) is 0 Å². The SMILES string of the molecule is O=C(CSc1ccc(Cl)cc1)NCCC(c1ccccc1)c1ccccc1. The molecule has 0 heterocycles. The maximum atomic E-state index is 12.2. The number of thioether (sulfide) groups is 1. The van der Waals surface area contributed by atoms with Crippen molar-refractivity contribution in [2.24, 2.45) is 0 Å². The van der Waals surface area contributed by atoms with Crippen LogP contribution in [0.1, 0.15) is 23.5 Å². The minimum absolute atomic E-state index is 0.0508. The highest BCUT2D eigenvalue weighted by atomic mass is 35.5. The number of hydrogen-bond acceptors (Lipinski definition) is 2. The van der Waals surface area contributed by atoms with Crippen molar-refractivity contribution >= 4 is 29.3 Å². The number of rotatable bonds is 8. The Morgan fingerprint density at radius 2 is 1.41 bits per heavy atom. The van der Waals surface area contributed by atoms with E-state index >= 15 is 0 Å². The molecule has 0 aliphatic heterocycles.